The fourth-order valence-corrected chi connectivity index (χ4v) is 4.76. The average Bonchev–Trinajstić information content (AvgIpc) is 3.07. The molecule has 1 aromatic rings. The van der Waals surface area contributed by atoms with E-state index >= 15 is 0 Å². The van der Waals surface area contributed by atoms with Gasteiger partial charge in [-0.25, -0.2) is 0 Å². The second kappa shape index (κ2) is 6.07. The highest BCUT2D eigenvalue weighted by atomic mass is 16.2. The molecular formula is C20H29N3O. The van der Waals surface area contributed by atoms with Gasteiger partial charge in [0.25, 0.3) is 0 Å². The summed E-state index contributed by atoms with van der Waals surface area (Å²) in [5.74, 6) is 0.715. The van der Waals surface area contributed by atoms with E-state index in [1.54, 1.807) is 0 Å². The van der Waals surface area contributed by atoms with Gasteiger partial charge in [-0.2, -0.15) is 0 Å². The van der Waals surface area contributed by atoms with E-state index in [4.69, 9.17) is 0 Å². The molecule has 24 heavy (non-hydrogen) atoms. The van der Waals surface area contributed by atoms with Crippen LogP contribution in [0.25, 0.3) is 0 Å². The minimum absolute atomic E-state index is 0.275. The Morgan fingerprint density at radius 2 is 2.08 bits per heavy atom. The Morgan fingerprint density at radius 3 is 2.83 bits per heavy atom. The fraction of sp³-hybridized carbons (Fsp3) is 0.650. The van der Waals surface area contributed by atoms with Gasteiger partial charge in [-0.15, -0.1) is 0 Å². The largest absolute Gasteiger partial charge is 0.378 e. The molecule has 4 rings (SSSR count). The molecule has 0 bridgehead atoms. The highest BCUT2D eigenvalue weighted by Gasteiger charge is 2.59. The Morgan fingerprint density at radius 1 is 1.29 bits per heavy atom. The van der Waals surface area contributed by atoms with Crippen molar-refractivity contribution in [3.63, 3.8) is 0 Å². The van der Waals surface area contributed by atoms with Crippen molar-refractivity contribution in [3.8, 4) is 0 Å². The molecule has 3 aliphatic rings. The molecule has 1 saturated carbocycles. The minimum atomic E-state index is 0.275. The number of amides is 1. The lowest BCUT2D eigenvalue weighted by atomic mass is 9.91. The van der Waals surface area contributed by atoms with Crippen molar-refractivity contribution in [3.05, 3.63) is 29.8 Å². The summed E-state index contributed by atoms with van der Waals surface area (Å²) in [6, 6.07) is 8.98. The van der Waals surface area contributed by atoms with Gasteiger partial charge >= 0.3 is 0 Å². The summed E-state index contributed by atoms with van der Waals surface area (Å²) in [4.78, 5) is 17.5. The molecule has 2 heterocycles. The number of anilines is 1. The molecule has 1 aromatic carbocycles. The van der Waals surface area contributed by atoms with Gasteiger partial charge in [0.15, 0.2) is 0 Å². The number of hydrogen-bond donors (Lipinski definition) is 1. The van der Waals surface area contributed by atoms with Crippen molar-refractivity contribution < 1.29 is 4.79 Å². The maximum Gasteiger partial charge on any atom is 0.226 e. The Kier molecular flexibility index (Phi) is 4.03. The number of carbonyl (C=O) groups excluding carboxylic acids is 1. The van der Waals surface area contributed by atoms with Crippen LogP contribution in [0.4, 0.5) is 5.69 Å². The lowest BCUT2D eigenvalue weighted by Crippen LogP contribution is -2.36. The number of benzene rings is 1. The molecule has 2 saturated heterocycles. The smallest absolute Gasteiger partial charge is 0.226 e. The van der Waals surface area contributed by atoms with E-state index in [1.165, 1.54) is 24.1 Å². The van der Waals surface area contributed by atoms with Gasteiger partial charge in [-0.05, 0) is 68.3 Å². The Labute approximate surface area is 145 Å². The molecule has 4 nitrogen and oxygen atoms in total. The van der Waals surface area contributed by atoms with Gasteiger partial charge in [-0.3, -0.25) is 4.79 Å². The number of rotatable bonds is 3. The highest BCUT2D eigenvalue weighted by Crippen LogP contribution is 2.59. The summed E-state index contributed by atoms with van der Waals surface area (Å²) in [5.41, 5.74) is 2.85. The van der Waals surface area contributed by atoms with Crippen LogP contribution in [0.1, 0.15) is 43.7 Å². The monoisotopic (exact) mass is 327 g/mol. The van der Waals surface area contributed by atoms with E-state index in [0.29, 0.717) is 11.3 Å². The van der Waals surface area contributed by atoms with E-state index < -0.39 is 0 Å². The molecule has 2 unspecified atom stereocenters. The van der Waals surface area contributed by atoms with Gasteiger partial charge in [0, 0.05) is 32.2 Å². The van der Waals surface area contributed by atoms with Gasteiger partial charge in [0.05, 0.1) is 6.04 Å². The molecule has 1 spiro atoms. The SMILES string of the molecule is CN(C)c1cccc(C2CCCN2C(=O)C2CC23CCNCC3)c1. The van der Waals surface area contributed by atoms with Crippen LogP contribution in [-0.2, 0) is 4.79 Å². The summed E-state index contributed by atoms with van der Waals surface area (Å²) in [7, 11) is 4.14. The third-order valence-electron chi connectivity index (χ3n) is 6.39. The average molecular weight is 327 g/mol. The molecule has 1 aliphatic carbocycles. The molecule has 4 heteroatoms. The first-order valence-corrected chi connectivity index (χ1v) is 9.39. The highest BCUT2D eigenvalue weighted by molar-refractivity contribution is 5.83. The molecule has 2 atom stereocenters. The van der Waals surface area contributed by atoms with E-state index in [0.717, 1.165) is 38.9 Å². The summed E-state index contributed by atoms with van der Waals surface area (Å²) in [5, 5.41) is 3.43. The predicted molar refractivity (Wildman–Crippen MR) is 97.1 cm³/mol. The molecule has 130 valence electrons. The molecular weight excluding hydrogens is 298 g/mol. The first-order valence-electron chi connectivity index (χ1n) is 9.39. The third kappa shape index (κ3) is 2.71. The van der Waals surface area contributed by atoms with Crippen molar-refractivity contribution in [2.45, 2.75) is 38.1 Å². The number of piperidine rings is 1. The zero-order valence-electron chi connectivity index (χ0n) is 14.9. The number of hydrogen-bond acceptors (Lipinski definition) is 3. The maximum absolute atomic E-state index is 13.2. The normalized spacial score (nSPS) is 28.2. The second-order valence-corrected chi connectivity index (χ2v) is 8.05. The van der Waals surface area contributed by atoms with E-state index in [9.17, 15) is 4.79 Å². The van der Waals surface area contributed by atoms with Crippen LogP contribution in [0, 0.1) is 11.3 Å². The zero-order valence-corrected chi connectivity index (χ0v) is 14.9. The summed E-state index contributed by atoms with van der Waals surface area (Å²) in [6.07, 6.45) is 5.71. The van der Waals surface area contributed by atoms with Crippen molar-refractivity contribution in [1.29, 1.82) is 0 Å². The number of likely N-dealkylation sites (tertiary alicyclic amines) is 1. The molecule has 1 N–H and O–H groups in total. The summed E-state index contributed by atoms with van der Waals surface area (Å²) < 4.78 is 0. The Bertz CT molecular complexity index is 621. The van der Waals surface area contributed by atoms with Crippen LogP contribution < -0.4 is 10.2 Å². The molecule has 0 radical (unpaired) electrons. The number of nitrogens with one attached hydrogen (secondary N) is 1. The fourth-order valence-electron chi connectivity index (χ4n) is 4.76. The molecule has 3 fully saturated rings. The van der Waals surface area contributed by atoms with Crippen LogP contribution in [0.2, 0.25) is 0 Å². The van der Waals surface area contributed by atoms with Crippen molar-refractivity contribution in [2.24, 2.45) is 11.3 Å². The standard InChI is InChI=1S/C20H29N3O/c1-22(2)16-6-3-5-15(13-16)18-7-4-12-23(18)19(24)17-14-20(17)8-10-21-11-9-20/h3,5-6,13,17-18,21H,4,7-12,14H2,1-2H3. The van der Waals surface area contributed by atoms with Crippen LogP contribution in [0.15, 0.2) is 24.3 Å². The number of nitrogens with zero attached hydrogens (tertiary/aromatic N) is 2. The summed E-state index contributed by atoms with van der Waals surface area (Å²) in [6.45, 7) is 3.09. The van der Waals surface area contributed by atoms with Crippen LogP contribution in [-0.4, -0.2) is 44.5 Å². The van der Waals surface area contributed by atoms with E-state index in [1.807, 2.05) is 0 Å². The van der Waals surface area contributed by atoms with Crippen LogP contribution >= 0.6 is 0 Å². The third-order valence-corrected chi connectivity index (χ3v) is 6.39. The zero-order chi connectivity index (χ0) is 16.7. The quantitative estimate of drug-likeness (QED) is 0.927. The second-order valence-electron chi connectivity index (χ2n) is 8.05. The molecule has 0 aromatic heterocycles. The van der Waals surface area contributed by atoms with Gasteiger partial charge in [0.2, 0.25) is 5.91 Å². The van der Waals surface area contributed by atoms with Crippen LogP contribution in [0.3, 0.4) is 0 Å². The van der Waals surface area contributed by atoms with E-state index in [2.05, 4.69) is 53.5 Å². The van der Waals surface area contributed by atoms with Gasteiger partial charge < -0.3 is 15.1 Å². The topological polar surface area (TPSA) is 35.6 Å². The molecule has 2 aliphatic heterocycles. The first kappa shape index (κ1) is 15.9. The van der Waals surface area contributed by atoms with Gasteiger partial charge in [0.1, 0.15) is 0 Å². The Balaban J connectivity index is 1.51. The van der Waals surface area contributed by atoms with Crippen LogP contribution in [0.5, 0.6) is 0 Å². The summed E-state index contributed by atoms with van der Waals surface area (Å²) >= 11 is 0. The lowest BCUT2D eigenvalue weighted by Gasteiger charge is -2.29. The maximum atomic E-state index is 13.2. The Hall–Kier alpha value is -1.55. The predicted octanol–water partition coefficient (Wildman–Crippen LogP) is 2.81. The van der Waals surface area contributed by atoms with E-state index in [-0.39, 0.29) is 12.0 Å². The lowest BCUT2D eigenvalue weighted by molar-refractivity contribution is -0.134. The minimum Gasteiger partial charge on any atom is -0.378 e. The van der Waals surface area contributed by atoms with Crippen molar-refractivity contribution in [2.75, 3.05) is 38.6 Å². The first-order chi connectivity index (χ1) is 11.6. The molecule has 1 amide bonds. The van der Waals surface area contributed by atoms with Gasteiger partial charge in [-0.1, -0.05) is 12.1 Å². The number of carbonyl (C=O) groups is 1. The van der Waals surface area contributed by atoms with Crippen molar-refractivity contribution in [1.82, 2.24) is 10.2 Å². The van der Waals surface area contributed by atoms with Crippen molar-refractivity contribution >= 4 is 11.6 Å².